The smallest absolute Gasteiger partial charge is 0.254 e. The molecule has 2 unspecified atom stereocenters. The summed E-state index contributed by atoms with van der Waals surface area (Å²) in [5.41, 5.74) is 1.50. The van der Waals surface area contributed by atoms with Crippen LogP contribution in [0.2, 0.25) is 5.02 Å². The van der Waals surface area contributed by atoms with E-state index in [2.05, 4.69) is 15.3 Å². The third kappa shape index (κ3) is 3.56. The van der Waals surface area contributed by atoms with Gasteiger partial charge in [0.25, 0.3) is 5.91 Å². The van der Waals surface area contributed by atoms with Gasteiger partial charge in [-0.2, -0.15) is 0 Å². The number of hydrogen-bond acceptors (Lipinski definition) is 6. The first-order chi connectivity index (χ1) is 16.3. The van der Waals surface area contributed by atoms with E-state index >= 15 is 0 Å². The Morgan fingerprint density at radius 2 is 1.94 bits per heavy atom. The van der Waals surface area contributed by atoms with Gasteiger partial charge in [-0.25, -0.2) is 4.98 Å². The van der Waals surface area contributed by atoms with Crippen LogP contribution in [0, 0.1) is 0 Å². The standard InChI is InChI=1S/C25H23ClN4O4/c1-25(13-31)24(33)30(2)19-12-28-23-20(21(19)29-25)17(11-27-23)22(32)16-9-8-15(10-18(16)26)34-14-6-4-3-5-7-14/h3-12,22,29,31-32H,13H2,1-2H3,(H,27,28). The van der Waals surface area contributed by atoms with Crippen LogP contribution in [-0.2, 0) is 4.79 Å². The maximum atomic E-state index is 12.8. The van der Waals surface area contributed by atoms with Crippen LogP contribution < -0.4 is 15.0 Å². The molecule has 0 bridgehead atoms. The number of H-pyrrole nitrogens is 1. The average molecular weight is 479 g/mol. The van der Waals surface area contributed by atoms with Crippen LogP contribution in [0.15, 0.2) is 60.9 Å². The third-order valence-electron chi connectivity index (χ3n) is 6.11. The molecule has 0 saturated heterocycles. The number of halogens is 1. The number of aromatic amines is 1. The Kier molecular flexibility index (Phi) is 5.44. The van der Waals surface area contributed by atoms with Crippen molar-refractivity contribution in [2.75, 3.05) is 23.9 Å². The van der Waals surface area contributed by atoms with Crippen molar-refractivity contribution in [2.24, 2.45) is 0 Å². The van der Waals surface area contributed by atoms with Crippen LogP contribution in [0.1, 0.15) is 24.2 Å². The number of nitrogens with zero attached hydrogens (tertiary/aromatic N) is 2. The number of aliphatic hydroxyl groups excluding tert-OH is 2. The second kappa shape index (κ2) is 8.32. The summed E-state index contributed by atoms with van der Waals surface area (Å²) in [6.07, 6.45) is 2.17. The summed E-state index contributed by atoms with van der Waals surface area (Å²) in [6.45, 7) is 1.24. The Morgan fingerprint density at radius 3 is 2.65 bits per heavy atom. The third-order valence-corrected chi connectivity index (χ3v) is 6.43. The van der Waals surface area contributed by atoms with Crippen molar-refractivity contribution >= 4 is 39.9 Å². The molecule has 9 heteroatoms. The van der Waals surface area contributed by atoms with E-state index in [4.69, 9.17) is 16.3 Å². The highest BCUT2D eigenvalue weighted by molar-refractivity contribution is 6.31. The van der Waals surface area contributed by atoms with Gasteiger partial charge >= 0.3 is 0 Å². The largest absolute Gasteiger partial charge is 0.457 e. The second-order valence-electron chi connectivity index (χ2n) is 8.47. The Labute approximate surface area is 200 Å². The van der Waals surface area contributed by atoms with Gasteiger partial charge in [-0.15, -0.1) is 0 Å². The molecule has 0 saturated carbocycles. The number of benzene rings is 2. The minimum absolute atomic E-state index is 0.279. The molecule has 1 amide bonds. The van der Waals surface area contributed by atoms with Crippen LogP contribution in [0.3, 0.4) is 0 Å². The first-order valence-corrected chi connectivity index (χ1v) is 11.1. The number of nitrogens with one attached hydrogen (secondary N) is 2. The number of pyridine rings is 1. The fourth-order valence-electron chi connectivity index (χ4n) is 4.21. The van der Waals surface area contributed by atoms with E-state index in [1.165, 1.54) is 4.90 Å². The van der Waals surface area contributed by atoms with E-state index in [0.717, 1.165) is 0 Å². The summed E-state index contributed by atoms with van der Waals surface area (Å²) in [7, 11) is 1.63. The van der Waals surface area contributed by atoms with Crippen molar-refractivity contribution in [2.45, 2.75) is 18.6 Å². The van der Waals surface area contributed by atoms with Gasteiger partial charge in [0.05, 0.1) is 34.6 Å². The van der Waals surface area contributed by atoms with E-state index in [9.17, 15) is 15.0 Å². The fourth-order valence-corrected chi connectivity index (χ4v) is 4.48. The molecule has 174 valence electrons. The molecule has 0 radical (unpaired) electrons. The molecule has 5 rings (SSSR count). The Morgan fingerprint density at radius 1 is 1.18 bits per heavy atom. The van der Waals surface area contributed by atoms with Crippen molar-refractivity contribution in [1.29, 1.82) is 0 Å². The van der Waals surface area contributed by atoms with Crippen molar-refractivity contribution in [3.05, 3.63) is 77.1 Å². The van der Waals surface area contributed by atoms with E-state index in [1.807, 2.05) is 30.3 Å². The van der Waals surface area contributed by atoms with Gasteiger partial charge in [-0.1, -0.05) is 35.9 Å². The molecule has 0 fully saturated rings. The molecule has 34 heavy (non-hydrogen) atoms. The lowest BCUT2D eigenvalue weighted by Crippen LogP contribution is -2.56. The number of carbonyl (C=O) groups is 1. The van der Waals surface area contributed by atoms with Gasteiger partial charge in [0, 0.05) is 24.4 Å². The predicted octanol–water partition coefficient (Wildman–Crippen LogP) is 4.23. The maximum absolute atomic E-state index is 12.8. The first kappa shape index (κ1) is 22.2. The minimum Gasteiger partial charge on any atom is -0.457 e. The van der Waals surface area contributed by atoms with Gasteiger partial charge in [0.15, 0.2) is 0 Å². The molecule has 4 N–H and O–H groups in total. The number of fused-ring (bicyclic) bond motifs is 3. The Hall–Kier alpha value is -3.59. The van der Waals surface area contributed by atoms with Crippen molar-refractivity contribution in [1.82, 2.24) is 9.97 Å². The fraction of sp³-hybridized carbons (Fsp3) is 0.200. The SMILES string of the molecule is CN1C(=O)C(C)(CO)Nc2c1cnc1[nH]cc(C(O)c3ccc(Oc4ccccc4)cc3Cl)c21. The van der Waals surface area contributed by atoms with Gasteiger partial charge < -0.3 is 30.2 Å². The summed E-state index contributed by atoms with van der Waals surface area (Å²) in [6, 6.07) is 14.5. The average Bonchev–Trinajstić information content (AvgIpc) is 3.28. The highest BCUT2D eigenvalue weighted by Gasteiger charge is 2.42. The number of anilines is 2. The molecule has 3 heterocycles. The summed E-state index contributed by atoms with van der Waals surface area (Å²) in [5.74, 6) is 0.946. The van der Waals surface area contributed by atoms with Crippen LogP contribution in [0.5, 0.6) is 11.5 Å². The van der Waals surface area contributed by atoms with Gasteiger partial charge in [-0.3, -0.25) is 4.79 Å². The number of para-hydroxylation sites is 1. The number of amides is 1. The number of likely N-dealkylation sites (N-methyl/N-ethyl adjacent to an activating group) is 1. The lowest BCUT2D eigenvalue weighted by Gasteiger charge is -2.39. The van der Waals surface area contributed by atoms with Crippen molar-refractivity contribution < 1.29 is 19.7 Å². The Balaban J connectivity index is 1.55. The van der Waals surface area contributed by atoms with Gasteiger partial charge in [0.1, 0.15) is 28.8 Å². The van der Waals surface area contributed by atoms with E-state index < -0.39 is 18.2 Å². The zero-order valence-electron chi connectivity index (χ0n) is 18.5. The molecule has 1 aliphatic heterocycles. The highest BCUT2D eigenvalue weighted by atomic mass is 35.5. The molecular formula is C25H23ClN4O4. The predicted molar refractivity (Wildman–Crippen MR) is 131 cm³/mol. The summed E-state index contributed by atoms with van der Waals surface area (Å²) < 4.78 is 5.83. The second-order valence-corrected chi connectivity index (χ2v) is 8.87. The number of carbonyl (C=O) groups excluding carboxylic acids is 1. The maximum Gasteiger partial charge on any atom is 0.254 e. The molecule has 2 aromatic heterocycles. The van der Waals surface area contributed by atoms with Crippen molar-refractivity contribution in [3.63, 3.8) is 0 Å². The molecule has 0 aliphatic carbocycles. The molecule has 2 aromatic carbocycles. The lowest BCUT2D eigenvalue weighted by atomic mass is 9.94. The number of aliphatic hydroxyl groups is 2. The topological polar surface area (TPSA) is 111 Å². The number of rotatable bonds is 5. The van der Waals surface area contributed by atoms with E-state index in [-0.39, 0.29) is 5.91 Å². The van der Waals surface area contributed by atoms with Crippen molar-refractivity contribution in [3.8, 4) is 11.5 Å². The molecule has 2 atom stereocenters. The van der Waals surface area contributed by atoms with Gasteiger partial charge in [-0.05, 0) is 31.2 Å². The summed E-state index contributed by atoms with van der Waals surface area (Å²) in [4.78, 5) is 21.7. The first-order valence-electron chi connectivity index (χ1n) is 10.7. The van der Waals surface area contributed by atoms with Crippen LogP contribution in [0.4, 0.5) is 11.4 Å². The zero-order chi connectivity index (χ0) is 24.0. The normalized spacial score (nSPS) is 18.5. The number of aromatic nitrogens is 2. The molecule has 4 aromatic rings. The summed E-state index contributed by atoms with van der Waals surface area (Å²) >= 11 is 6.54. The van der Waals surface area contributed by atoms with Crippen LogP contribution >= 0.6 is 11.6 Å². The van der Waals surface area contributed by atoms with Crippen LogP contribution in [-0.4, -0.2) is 45.3 Å². The summed E-state index contributed by atoms with van der Waals surface area (Å²) in [5, 5.41) is 25.3. The molecule has 8 nitrogen and oxygen atoms in total. The number of ether oxygens (including phenoxy) is 1. The monoisotopic (exact) mass is 478 g/mol. The van der Waals surface area contributed by atoms with E-state index in [1.54, 1.807) is 44.6 Å². The zero-order valence-corrected chi connectivity index (χ0v) is 19.3. The minimum atomic E-state index is -1.20. The van der Waals surface area contributed by atoms with Gasteiger partial charge in [0.2, 0.25) is 0 Å². The van der Waals surface area contributed by atoms with E-state index in [0.29, 0.717) is 50.1 Å². The molecule has 1 aliphatic rings. The highest BCUT2D eigenvalue weighted by Crippen LogP contribution is 2.43. The number of hydrogen-bond donors (Lipinski definition) is 4. The molecule has 0 spiro atoms. The van der Waals surface area contributed by atoms with Crippen LogP contribution in [0.25, 0.3) is 11.0 Å². The Bertz CT molecular complexity index is 1390. The molecular weight excluding hydrogens is 456 g/mol. The quantitative estimate of drug-likeness (QED) is 0.341. The lowest BCUT2D eigenvalue weighted by molar-refractivity contribution is -0.123.